The standard InChI is InChI=1S/C10H17FN4O2/c1-10(2,3)17-9(16)15-6-7(13-14-12)4-8(15)5-11/h7-8H,4-6H2,1-3H3/t7-,8-/m0/s1. The van der Waals surface area contributed by atoms with E-state index in [1.165, 1.54) is 4.90 Å². The van der Waals surface area contributed by atoms with Gasteiger partial charge in [-0.15, -0.1) is 0 Å². The number of likely N-dealkylation sites (tertiary alicyclic amines) is 1. The van der Waals surface area contributed by atoms with E-state index in [0.29, 0.717) is 6.42 Å². The van der Waals surface area contributed by atoms with Crippen molar-refractivity contribution >= 4 is 6.09 Å². The number of carbonyl (C=O) groups is 1. The van der Waals surface area contributed by atoms with Crippen molar-refractivity contribution in [2.75, 3.05) is 13.2 Å². The second kappa shape index (κ2) is 5.23. The van der Waals surface area contributed by atoms with Crippen LogP contribution in [0, 0.1) is 0 Å². The number of hydrogen-bond acceptors (Lipinski definition) is 3. The predicted octanol–water partition coefficient (Wildman–Crippen LogP) is 2.64. The Morgan fingerprint density at radius 3 is 2.76 bits per heavy atom. The van der Waals surface area contributed by atoms with Gasteiger partial charge in [0.2, 0.25) is 0 Å². The molecular weight excluding hydrogens is 227 g/mol. The molecule has 2 atom stereocenters. The SMILES string of the molecule is CC(C)(C)OC(=O)N1C[C@@H](N=[N+]=[N-])C[C@H]1CF. The summed E-state index contributed by atoms with van der Waals surface area (Å²) in [5, 5.41) is 3.52. The van der Waals surface area contributed by atoms with Gasteiger partial charge >= 0.3 is 6.09 Å². The Morgan fingerprint density at radius 1 is 1.65 bits per heavy atom. The molecule has 0 radical (unpaired) electrons. The van der Waals surface area contributed by atoms with Crippen LogP contribution in [0.25, 0.3) is 10.4 Å². The number of ether oxygens (including phenoxy) is 1. The third-order valence-electron chi connectivity index (χ3n) is 2.41. The number of alkyl halides is 1. The Labute approximate surface area is 99.4 Å². The summed E-state index contributed by atoms with van der Waals surface area (Å²) >= 11 is 0. The van der Waals surface area contributed by atoms with Crippen molar-refractivity contribution in [3.05, 3.63) is 10.4 Å². The zero-order chi connectivity index (χ0) is 13.1. The van der Waals surface area contributed by atoms with Gasteiger partial charge in [-0.3, -0.25) is 0 Å². The van der Waals surface area contributed by atoms with Crippen LogP contribution in [0.2, 0.25) is 0 Å². The molecule has 1 amide bonds. The lowest BCUT2D eigenvalue weighted by Gasteiger charge is -2.27. The lowest BCUT2D eigenvalue weighted by molar-refractivity contribution is 0.0206. The molecule has 96 valence electrons. The highest BCUT2D eigenvalue weighted by Crippen LogP contribution is 2.23. The first-order valence-corrected chi connectivity index (χ1v) is 5.47. The molecular formula is C10H17FN4O2. The predicted molar refractivity (Wildman–Crippen MR) is 60.3 cm³/mol. The molecule has 17 heavy (non-hydrogen) atoms. The Kier molecular flexibility index (Phi) is 4.17. The third-order valence-corrected chi connectivity index (χ3v) is 2.41. The molecule has 1 heterocycles. The number of carbonyl (C=O) groups excluding carboxylic acids is 1. The van der Waals surface area contributed by atoms with Gasteiger partial charge in [-0.05, 0) is 32.7 Å². The van der Waals surface area contributed by atoms with E-state index >= 15 is 0 Å². The average molecular weight is 244 g/mol. The monoisotopic (exact) mass is 244 g/mol. The highest BCUT2D eigenvalue weighted by molar-refractivity contribution is 5.69. The minimum absolute atomic E-state index is 0.216. The molecule has 0 aliphatic carbocycles. The Balaban J connectivity index is 2.68. The molecule has 0 N–H and O–H groups in total. The second-order valence-corrected chi connectivity index (χ2v) is 5.04. The first-order valence-electron chi connectivity index (χ1n) is 5.47. The van der Waals surface area contributed by atoms with Gasteiger partial charge in [0.15, 0.2) is 0 Å². The Bertz CT molecular complexity index is 336. The van der Waals surface area contributed by atoms with Gasteiger partial charge in [0.1, 0.15) is 12.3 Å². The van der Waals surface area contributed by atoms with Gasteiger partial charge in [0.05, 0.1) is 12.1 Å². The zero-order valence-corrected chi connectivity index (χ0v) is 10.3. The fraction of sp³-hybridized carbons (Fsp3) is 0.900. The number of azide groups is 1. The highest BCUT2D eigenvalue weighted by Gasteiger charge is 2.37. The molecule has 0 aromatic carbocycles. The average Bonchev–Trinajstić information content (AvgIpc) is 2.59. The molecule has 7 heteroatoms. The molecule has 0 aromatic heterocycles. The molecule has 0 saturated carbocycles. The summed E-state index contributed by atoms with van der Waals surface area (Å²) in [4.78, 5) is 15.8. The largest absolute Gasteiger partial charge is 0.444 e. The van der Waals surface area contributed by atoms with E-state index in [4.69, 9.17) is 10.3 Å². The van der Waals surface area contributed by atoms with E-state index in [1.807, 2.05) is 0 Å². The van der Waals surface area contributed by atoms with Gasteiger partial charge in [0, 0.05) is 11.5 Å². The smallest absolute Gasteiger partial charge is 0.410 e. The number of amides is 1. The third kappa shape index (κ3) is 3.78. The van der Waals surface area contributed by atoms with Crippen LogP contribution in [0.3, 0.4) is 0 Å². The summed E-state index contributed by atoms with van der Waals surface area (Å²) in [5.74, 6) is 0. The molecule has 0 unspecified atom stereocenters. The molecule has 1 rings (SSSR count). The van der Waals surface area contributed by atoms with Gasteiger partial charge < -0.3 is 9.64 Å². The van der Waals surface area contributed by atoms with Crippen molar-refractivity contribution in [2.24, 2.45) is 5.11 Å². The van der Waals surface area contributed by atoms with E-state index in [1.54, 1.807) is 20.8 Å². The Morgan fingerprint density at radius 2 is 2.29 bits per heavy atom. The molecule has 6 nitrogen and oxygen atoms in total. The van der Waals surface area contributed by atoms with Gasteiger partial charge in [0.25, 0.3) is 0 Å². The molecule has 1 aliphatic heterocycles. The van der Waals surface area contributed by atoms with Gasteiger partial charge in [-0.1, -0.05) is 5.11 Å². The number of hydrogen-bond donors (Lipinski definition) is 0. The first-order chi connectivity index (χ1) is 7.87. The van der Waals surface area contributed by atoms with Crippen molar-refractivity contribution < 1.29 is 13.9 Å². The summed E-state index contributed by atoms with van der Waals surface area (Å²) < 4.78 is 17.9. The van der Waals surface area contributed by atoms with Crippen LogP contribution >= 0.6 is 0 Å². The summed E-state index contributed by atoms with van der Waals surface area (Å²) in [6, 6.07) is -0.923. The number of nitrogens with zero attached hydrogens (tertiary/aromatic N) is 4. The van der Waals surface area contributed by atoms with Crippen molar-refractivity contribution in [2.45, 2.75) is 44.9 Å². The summed E-state index contributed by atoms with van der Waals surface area (Å²) in [6.45, 7) is 4.80. The molecule has 0 bridgehead atoms. The maximum absolute atomic E-state index is 12.8. The van der Waals surface area contributed by atoms with Gasteiger partial charge in [-0.25, -0.2) is 9.18 Å². The lowest BCUT2D eigenvalue weighted by atomic mass is 10.2. The van der Waals surface area contributed by atoms with Crippen molar-refractivity contribution in [1.29, 1.82) is 0 Å². The van der Waals surface area contributed by atoms with Crippen LogP contribution < -0.4 is 0 Å². The number of rotatable bonds is 2. The molecule has 1 saturated heterocycles. The summed E-state index contributed by atoms with van der Waals surface area (Å²) in [5.41, 5.74) is 7.71. The van der Waals surface area contributed by atoms with E-state index in [2.05, 4.69) is 10.0 Å². The topological polar surface area (TPSA) is 78.3 Å². The van der Waals surface area contributed by atoms with E-state index in [-0.39, 0.29) is 12.6 Å². The fourth-order valence-corrected chi connectivity index (χ4v) is 1.74. The maximum atomic E-state index is 12.8. The van der Waals surface area contributed by atoms with Crippen molar-refractivity contribution in [3.63, 3.8) is 0 Å². The highest BCUT2D eigenvalue weighted by atomic mass is 19.1. The Hall–Kier alpha value is -1.49. The summed E-state index contributed by atoms with van der Waals surface area (Å²) in [6.07, 6.45) is -0.212. The second-order valence-electron chi connectivity index (χ2n) is 5.04. The lowest BCUT2D eigenvalue weighted by Crippen LogP contribution is -2.40. The van der Waals surface area contributed by atoms with E-state index in [0.717, 1.165) is 0 Å². The first kappa shape index (κ1) is 13.6. The molecule has 0 spiro atoms. The van der Waals surface area contributed by atoms with Gasteiger partial charge in [-0.2, -0.15) is 0 Å². The maximum Gasteiger partial charge on any atom is 0.410 e. The van der Waals surface area contributed by atoms with Crippen LogP contribution in [0.4, 0.5) is 9.18 Å². The molecule has 0 aromatic rings. The quantitative estimate of drug-likeness (QED) is 0.425. The van der Waals surface area contributed by atoms with Crippen LogP contribution in [0.15, 0.2) is 5.11 Å². The van der Waals surface area contributed by atoms with Crippen LogP contribution in [-0.2, 0) is 4.74 Å². The zero-order valence-electron chi connectivity index (χ0n) is 10.3. The minimum atomic E-state index is -0.656. The van der Waals surface area contributed by atoms with Crippen LogP contribution in [0.5, 0.6) is 0 Å². The van der Waals surface area contributed by atoms with Crippen molar-refractivity contribution in [3.8, 4) is 0 Å². The minimum Gasteiger partial charge on any atom is -0.444 e. The van der Waals surface area contributed by atoms with E-state index < -0.39 is 24.4 Å². The normalized spacial score (nSPS) is 24.4. The van der Waals surface area contributed by atoms with Crippen LogP contribution in [-0.4, -0.2) is 41.9 Å². The van der Waals surface area contributed by atoms with Crippen molar-refractivity contribution in [1.82, 2.24) is 4.90 Å². The molecule has 1 aliphatic rings. The summed E-state index contributed by atoms with van der Waals surface area (Å²) in [7, 11) is 0. The fourth-order valence-electron chi connectivity index (χ4n) is 1.74. The van der Waals surface area contributed by atoms with Crippen LogP contribution in [0.1, 0.15) is 27.2 Å². The molecule has 1 fully saturated rings. The van der Waals surface area contributed by atoms with E-state index in [9.17, 15) is 9.18 Å². The number of halogens is 1.